The Bertz CT molecular complexity index is 695. The van der Waals surface area contributed by atoms with E-state index in [-0.39, 0.29) is 11.9 Å². The SMILES string of the molecule is C=CC1CCC(C2CCC(CCc3cc4c(cc3F)OC(CCC)CC4)CC2)CC1. The molecule has 2 saturated carbocycles. The van der Waals surface area contributed by atoms with Crippen molar-refractivity contribution in [2.24, 2.45) is 23.7 Å². The molecule has 0 radical (unpaired) electrons. The Labute approximate surface area is 183 Å². The molecule has 4 rings (SSSR count). The van der Waals surface area contributed by atoms with Gasteiger partial charge in [-0.05, 0) is 111 Å². The van der Waals surface area contributed by atoms with E-state index < -0.39 is 0 Å². The van der Waals surface area contributed by atoms with Crippen LogP contribution < -0.4 is 4.74 Å². The van der Waals surface area contributed by atoms with Crippen LogP contribution in [0.15, 0.2) is 24.8 Å². The topological polar surface area (TPSA) is 9.23 Å². The summed E-state index contributed by atoms with van der Waals surface area (Å²) >= 11 is 0. The van der Waals surface area contributed by atoms with E-state index in [4.69, 9.17) is 4.74 Å². The zero-order valence-electron chi connectivity index (χ0n) is 19.0. The Hall–Kier alpha value is -1.31. The lowest BCUT2D eigenvalue weighted by Crippen LogP contribution is -2.25. The molecule has 30 heavy (non-hydrogen) atoms. The highest BCUT2D eigenvalue weighted by atomic mass is 19.1. The van der Waals surface area contributed by atoms with Crippen molar-refractivity contribution in [2.75, 3.05) is 0 Å². The molecule has 1 nitrogen and oxygen atoms in total. The van der Waals surface area contributed by atoms with Crippen LogP contribution in [-0.2, 0) is 12.8 Å². The standard InChI is InChI=1S/C28H41FO/c1-3-5-26-17-16-25-18-24(27(29)19-28(25)30-26)15-10-21-8-13-23(14-9-21)22-11-6-20(4-2)7-12-22/h4,18-23,26H,2-3,5-17H2,1H3. The predicted molar refractivity (Wildman–Crippen MR) is 123 cm³/mol. The molecule has 1 unspecified atom stereocenters. The Balaban J connectivity index is 1.24. The van der Waals surface area contributed by atoms with Crippen molar-refractivity contribution < 1.29 is 9.13 Å². The summed E-state index contributed by atoms with van der Waals surface area (Å²) in [6.45, 7) is 6.17. The van der Waals surface area contributed by atoms with Gasteiger partial charge in [-0.3, -0.25) is 0 Å². The highest BCUT2D eigenvalue weighted by molar-refractivity contribution is 5.40. The molecule has 1 aromatic rings. The van der Waals surface area contributed by atoms with Crippen molar-refractivity contribution >= 4 is 0 Å². The van der Waals surface area contributed by atoms with Gasteiger partial charge in [0.2, 0.25) is 0 Å². The van der Waals surface area contributed by atoms with Crippen LogP contribution in [0.2, 0.25) is 0 Å². The van der Waals surface area contributed by atoms with E-state index in [2.05, 4.69) is 25.6 Å². The molecule has 1 heterocycles. The average molecular weight is 413 g/mol. The van der Waals surface area contributed by atoms with Gasteiger partial charge in [0.25, 0.3) is 0 Å². The fourth-order valence-electron chi connectivity index (χ4n) is 6.39. The number of ether oxygens (including phenoxy) is 1. The Morgan fingerprint density at radius 1 is 0.967 bits per heavy atom. The van der Waals surface area contributed by atoms with Gasteiger partial charge >= 0.3 is 0 Å². The Morgan fingerprint density at radius 2 is 1.67 bits per heavy atom. The molecule has 1 aromatic carbocycles. The molecule has 0 spiro atoms. The van der Waals surface area contributed by atoms with Gasteiger partial charge in [-0.1, -0.05) is 32.3 Å². The van der Waals surface area contributed by atoms with Crippen LogP contribution >= 0.6 is 0 Å². The van der Waals surface area contributed by atoms with Gasteiger partial charge < -0.3 is 4.74 Å². The lowest BCUT2D eigenvalue weighted by atomic mass is 9.68. The number of fused-ring (bicyclic) bond motifs is 1. The Morgan fingerprint density at radius 3 is 2.33 bits per heavy atom. The van der Waals surface area contributed by atoms with Gasteiger partial charge in [0.1, 0.15) is 11.6 Å². The fourth-order valence-corrected chi connectivity index (χ4v) is 6.39. The van der Waals surface area contributed by atoms with E-state index in [9.17, 15) is 4.39 Å². The second-order valence-electron chi connectivity index (χ2n) is 10.3. The Kier molecular flexibility index (Phi) is 7.55. The van der Waals surface area contributed by atoms with Crippen LogP contribution in [0, 0.1) is 29.5 Å². The number of benzene rings is 1. The van der Waals surface area contributed by atoms with Crippen LogP contribution in [0.3, 0.4) is 0 Å². The molecule has 2 aliphatic carbocycles. The molecule has 2 fully saturated rings. The zero-order chi connectivity index (χ0) is 20.9. The van der Waals surface area contributed by atoms with E-state index in [0.717, 1.165) is 73.5 Å². The van der Waals surface area contributed by atoms with Crippen LogP contribution in [0.5, 0.6) is 5.75 Å². The first-order valence-corrected chi connectivity index (χ1v) is 12.8. The van der Waals surface area contributed by atoms with Crippen molar-refractivity contribution in [3.63, 3.8) is 0 Å². The summed E-state index contributed by atoms with van der Waals surface area (Å²) in [6.07, 6.45) is 19.8. The lowest BCUT2D eigenvalue weighted by molar-refractivity contribution is 0.152. The smallest absolute Gasteiger partial charge is 0.130 e. The van der Waals surface area contributed by atoms with Crippen molar-refractivity contribution in [3.05, 3.63) is 41.7 Å². The number of halogens is 1. The number of allylic oxidation sites excluding steroid dienone is 1. The summed E-state index contributed by atoms with van der Waals surface area (Å²) in [6, 6.07) is 3.78. The molecular weight excluding hydrogens is 371 g/mol. The van der Waals surface area contributed by atoms with E-state index in [1.165, 1.54) is 56.9 Å². The highest BCUT2D eigenvalue weighted by Crippen LogP contribution is 2.42. The maximum atomic E-state index is 14.7. The largest absolute Gasteiger partial charge is 0.490 e. The third kappa shape index (κ3) is 5.29. The summed E-state index contributed by atoms with van der Waals surface area (Å²) in [4.78, 5) is 0. The number of aryl methyl sites for hydroxylation is 2. The monoisotopic (exact) mass is 412 g/mol. The normalized spacial score (nSPS) is 31.6. The van der Waals surface area contributed by atoms with Crippen molar-refractivity contribution in [2.45, 2.75) is 103 Å². The van der Waals surface area contributed by atoms with Gasteiger partial charge in [-0.15, -0.1) is 6.58 Å². The van der Waals surface area contributed by atoms with Gasteiger partial charge in [0.05, 0.1) is 6.10 Å². The summed E-state index contributed by atoms with van der Waals surface area (Å²) in [7, 11) is 0. The minimum absolute atomic E-state index is 0.0569. The first-order chi connectivity index (χ1) is 14.7. The molecule has 1 aliphatic heterocycles. The fraction of sp³-hybridized carbons (Fsp3) is 0.714. The molecule has 166 valence electrons. The van der Waals surface area contributed by atoms with Crippen LogP contribution in [0.1, 0.15) is 95.1 Å². The molecule has 3 aliphatic rings. The molecular formula is C28H41FO. The maximum Gasteiger partial charge on any atom is 0.130 e. The van der Waals surface area contributed by atoms with E-state index in [0.29, 0.717) is 0 Å². The first kappa shape index (κ1) is 21.9. The number of hydrogen-bond acceptors (Lipinski definition) is 1. The second-order valence-corrected chi connectivity index (χ2v) is 10.3. The number of rotatable bonds is 7. The van der Waals surface area contributed by atoms with Crippen molar-refractivity contribution in [1.82, 2.24) is 0 Å². The molecule has 0 saturated heterocycles. The minimum Gasteiger partial charge on any atom is -0.490 e. The predicted octanol–water partition coefficient (Wildman–Crippen LogP) is 8.05. The second kappa shape index (κ2) is 10.3. The van der Waals surface area contributed by atoms with E-state index >= 15 is 0 Å². The third-order valence-corrected chi connectivity index (χ3v) is 8.40. The molecule has 0 bridgehead atoms. The molecule has 1 atom stereocenters. The van der Waals surface area contributed by atoms with Crippen molar-refractivity contribution in [3.8, 4) is 5.75 Å². The molecule has 0 aromatic heterocycles. The zero-order valence-corrected chi connectivity index (χ0v) is 19.0. The van der Waals surface area contributed by atoms with Crippen LogP contribution in [0.4, 0.5) is 4.39 Å². The summed E-state index contributed by atoms with van der Waals surface area (Å²) in [5.74, 6) is 4.20. The van der Waals surface area contributed by atoms with Crippen LogP contribution in [-0.4, -0.2) is 6.10 Å². The van der Waals surface area contributed by atoms with E-state index in [1.807, 2.05) is 0 Å². The molecule has 0 N–H and O–H groups in total. The third-order valence-electron chi connectivity index (χ3n) is 8.40. The summed E-state index contributed by atoms with van der Waals surface area (Å²) in [5.41, 5.74) is 2.13. The maximum absolute atomic E-state index is 14.7. The first-order valence-electron chi connectivity index (χ1n) is 12.8. The highest BCUT2D eigenvalue weighted by Gasteiger charge is 2.30. The lowest BCUT2D eigenvalue weighted by Gasteiger charge is -2.37. The van der Waals surface area contributed by atoms with Gasteiger partial charge in [0.15, 0.2) is 0 Å². The van der Waals surface area contributed by atoms with Gasteiger partial charge in [-0.2, -0.15) is 0 Å². The van der Waals surface area contributed by atoms with E-state index in [1.54, 1.807) is 6.07 Å². The summed E-state index contributed by atoms with van der Waals surface area (Å²) in [5, 5.41) is 0. The molecule has 0 amide bonds. The summed E-state index contributed by atoms with van der Waals surface area (Å²) < 4.78 is 20.8. The minimum atomic E-state index is -0.0569. The van der Waals surface area contributed by atoms with Crippen molar-refractivity contribution in [1.29, 1.82) is 0 Å². The number of hydrogen-bond donors (Lipinski definition) is 0. The average Bonchev–Trinajstić information content (AvgIpc) is 2.78. The van der Waals surface area contributed by atoms with Crippen LogP contribution in [0.25, 0.3) is 0 Å². The van der Waals surface area contributed by atoms with Gasteiger partial charge in [-0.25, -0.2) is 4.39 Å². The molecule has 2 heteroatoms. The van der Waals surface area contributed by atoms with Gasteiger partial charge in [0, 0.05) is 6.07 Å². The quantitative estimate of drug-likeness (QED) is 0.412.